The van der Waals surface area contributed by atoms with Gasteiger partial charge >= 0.3 is 5.97 Å². The summed E-state index contributed by atoms with van der Waals surface area (Å²) < 4.78 is 5.77. The van der Waals surface area contributed by atoms with Crippen molar-refractivity contribution >= 4 is 35.2 Å². The van der Waals surface area contributed by atoms with E-state index in [1.165, 1.54) is 18.4 Å². The maximum atomic E-state index is 12.5. The van der Waals surface area contributed by atoms with Crippen LogP contribution in [0.25, 0.3) is 6.08 Å². The molecule has 0 amide bonds. The van der Waals surface area contributed by atoms with Crippen LogP contribution in [0, 0.1) is 11.8 Å². The third kappa shape index (κ3) is 3.61. The first kappa shape index (κ1) is 19.2. The number of carbonyl (C=O) groups is 1. The summed E-state index contributed by atoms with van der Waals surface area (Å²) >= 11 is 12.3. The van der Waals surface area contributed by atoms with Crippen molar-refractivity contribution in [3.05, 3.63) is 75.3 Å². The average Bonchev–Trinajstić information content (AvgIpc) is 3.06. The van der Waals surface area contributed by atoms with Crippen molar-refractivity contribution in [2.75, 3.05) is 13.2 Å². The molecule has 4 fully saturated rings. The second-order valence-corrected chi connectivity index (χ2v) is 9.15. The van der Waals surface area contributed by atoms with Crippen LogP contribution >= 0.6 is 23.2 Å². The number of hydrogen-bond acceptors (Lipinski definition) is 3. The van der Waals surface area contributed by atoms with Gasteiger partial charge in [-0.2, -0.15) is 0 Å². The lowest BCUT2D eigenvalue weighted by atomic mass is 9.71. The van der Waals surface area contributed by atoms with Crippen LogP contribution in [0.4, 0.5) is 0 Å². The Hall–Kier alpha value is -1.81. The fourth-order valence-corrected chi connectivity index (χ4v) is 5.75. The molecule has 4 bridgehead atoms. The number of fused-ring (bicyclic) bond motifs is 1. The van der Waals surface area contributed by atoms with Crippen molar-refractivity contribution < 1.29 is 9.53 Å². The van der Waals surface area contributed by atoms with E-state index in [4.69, 9.17) is 27.9 Å². The highest BCUT2D eigenvalue weighted by Gasteiger charge is 2.52. The zero-order valence-electron chi connectivity index (χ0n) is 16.1. The molecular weight excluding hydrogens is 405 g/mol. The molecule has 5 unspecified atom stereocenters. The lowest BCUT2D eigenvalue weighted by Gasteiger charge is -2.51. The normalized spacial score (nSPS) is 31.2. The number of rotatable bonds is 4. The first-order chi connectivity index (χ1) is 14.1. The van der Waals surface area contributed by atoms with E-state index in [2.05, 4.69) is 11.0 Å². The third-order valence-corrected chi connectivity index (χ3v) is 7.52. The van der Waals surface area contributed by atoms with Gasteiger partial charge in [-0.1, -0.05) is 59.1 Å². The first-order valence-corrected chi connectivity index (χ1v) is 11.0. The number of esters is 1. The Morgan fingerprint density at radius 2 is 1.93 bits per heavy atom. The number of ether oxygens (including phenoxy) is 1. The number of benzene rings is 2. The number of carbonyl (C=O) groups excluding carboxylic acids is 1. The van der Waals surface area contributed by atoms with E-state index in [-0.39, 0.29) is 5.97 Å². The van der Waals surface area contributed by atoms with Gasteiger partial charge < -0.3 is 4.74 Å². The number of nitrogens with zero attached hydrogens (tertiary/aromatic N) is 1. The van der Waals surface area contributed by atoms with Gasteiger partial charge in [0.25, 0.3) is 0 Å². The van der Waals surface area contributed by atoms with Crippen LogP contribution in [0.5, 0.6) is 0 Å². The quantitative estimate of drug-likeness (QED) is 0.584. The smallest absolute Gasteiger partial charge is 0.338 e. The molecule has 4 heterocycles. The van der Waals surface area contributed by atoms with Gasteiger partial charge in [0.05, 0.1) is 22.2 Å². The van der Waals surface area contributed by atoms with Gasteiger partial charge in [0.15, 0.2) is 0 Å². The SMILES string of the molecule is O=C(OCC1C2CC3CCC1N3C/C2=C\c1ccc(Cl)c(Cl)c1)c1ccccc1. The highest BCUT2D eigenvalue weighted by Crippen LogP contribution is 2.50. The predicted octanol–water partition coefficient (Wildman–Crippen LogP) is 5.72. The molecule has 0 aliphatic carbocycles. The number of halogens is 2. The summed E-state index contributed by atoms with van der Waals surface area (Å²) in [6.07, 6.45) is 5.86. The van der Waals surface area contributed by atoms with Crippen LogP contribution < -0.4 is 0 Å². The molecule has 4 aliphatic heterocycles. The minimum absolute atomic E-state index is 0.230. The molecule has 5 atom stereocenters. The highest BCUT2D eigenvalue weighted by molar-refractivity contribution is 6.42. The molecule has 29 heavy (non-hydrogen) atoms. The first-order valence-electron chi connectivity index (χ1n) is 10.2. The Balaban J connectivity index is 1.36. The lowest BCUT2D eigenvalue weighted by molar-refractivity contribution is -0.0150. The largest absolute Gasteiger partial charge is 0.462 e. The monoisotopic (exact) mass is 427 g/mol. The molecule has 0 saturated carbocycles. The summed E-state index contributed by atoms with van der Waals surface area (Å²) in [5.74, 6) is 0.575. The van der Waals surface area contributed by atoms with E-state index in [1.807, 2.05) is 36.4 Å². The van der Waals surface area contributed by atoms with Crippen molar-refractivity contribution in [2.45, 2.75) is 31.3 Å². The van der Waals surface area contributed by atoms with Crippen LogP contribution in [0.2, 0.25) is 10.0 Å². The molecule has 4 saturated heterocycles. The summed E-state index contributed by atoms with van der Waals surface area (Å²) in [7, 11) is 0. The zero-order valence-corrected chi connectivity index (χ0v) is 17.6. The van der Waals surface area contributed by atoms with Crippen molar-refractivity contribution in [1.29, 1.82) is 0 Å². The molecule has 2 aromatic rings. The Labute approximate surface area is 181 Å². The Bertz CT molecular complexity index is 959. The lowest BCUT2D eigenvalue weighted by Crippen LogP contribution is -2.57. The summed E-state index contributed by atoms with van der Waals surface area (Å²) in [6, 6.07) is 16.2. The molecule has 150 valence electrons. The summed E-state index contributed by atoms with van der Waals surface area (Å²) in [5, 5.41) is 1.15. The maximum absolute atomic E-state index is 12.5. The summed E-state index contributed by atoms with van der Waals surface area (Å²) in [5.41, 5.74) is 3.11. The minimum Gasteiger partial charge on any atom is -0.462 e. The average molecular weight is 428 g/mol. The minimum atomic E-state index is -0.230. The molecule has 2 aromatic carbocycles. The van der Waals surface area contributed by atoms with Crippen LogP contribution in [-0.2, 0) is 4.74 Å². The molecule has 5 heteroatoms. The molecule has 0 aromatic heterocycles. The van der Waals surface area contributed by atoms with Crippen LogP contribution in [0.1, 0.15) is 35.2 Å². The molecular formula is C24H23Cl2NO2. The molecule has 4 aliphatic rings. The highest BCUT2D eigenvalue weighted by atomic mass is 35.5. The van der Waals surface area contributed by atoms with E-state index in [0.29, 0.717) is 46.1 Å². The van der Waals surface area contributed by atoms with Crippen LogP contribution in [0.15, 0.2) is 54.1 Å². The second kappa shape index (κ2) is 7.79. The second-order valence-electron chi connectivity index (χ2n) is 8.33. The molecule has 6 rings (SSSR count). The Morgan fingerprint density at radius 3 is 2.72 bits per heavy atom. The topological polar surface area (TPSA) is 29.5 Å². The molecule has 0 spiro atoms. The van der Waals surface area contributed by atoms with Gasteiger partial charge in [0.1, 0.15) is 0 Å². The maximum Gasteiger partial charge on any atom is 0.338 e. The number of hydrogen-bond donors (Lipinski definition) is 0. The standard InChI is InChI=1S/C24H23Cl2NO2/c25-21-8-6-15(11-22(21)26)10-17-13-27-18-7-9-23(27)20(19(17)12-18)14-29-24(28)16-4-2-1-3-5-16/h1-6,8,10-11,18-20,23H,7,9,12-14H2/b17-10+. The predicted molar refractivity (Wildman–Crippen MR) is 116 cm³/mol. The van der Waals surface area contributed by atoms with E-state index in [1.54, 1.807) is 12.1 Å². The summed E-state index contributed by atoms with van der Waals surface area (Å²) in [6.45, 7) is 1.48. The van der Waals surface area contributed by atoms with E-state index in [0.717, 1.165) is 18.5 Å². The van der Waals surface area contributed by atoms with Crippen LogP contribution in [0.3, 0.4) is 0 Å². The Kier molecular flexibility index (Phi) is 5.15. The third-order valence-electron chi connectivity index (χ3n) is 6.78. The zero-order chi connectivity index (χ0) is 20.0. The van der Waals surface area contributed by atoms with Gasteiger partial charge in [-0.15, -0.1) is 0 Å². The van der Waals surface area contributed by atoms with E-state index >= 15 is 0 Å². The van der Waals surface area contributed by atoms with E-state index in [9.17, 15) is 4.79 Å². The van der Waals surface area contributed by atoms with Crippen molar-refractivity contribution in [3.8, 4) is 0 Å². The van der Waals surface area contributed by atoms with Gasteiger partial charge in [0.2, 0.25) is 0 Å². The van der Waals surface area contributed by atoms with Crippen molar-refractivity contribution in [1.82, 2.24) is 4.90 Å². The van der Waals surface area contributed by atoms with Gasteiger partial charge in [-0.05, 0) is 55.0 Å². The fourth-order valence-electron chi connectivity index (χ4n) is 5.44. The number of piperidine rings is 3. The molecule has 0 radical (unpaired) electrons. The van der Waals surface area contributed by atoms with E-state index < -0.39 is 0 Å². The van der Waals surface area contributed by atoms with Gasteiger partial charge in [-0.25, -0.2) is 4.79 Å². The van der Waals surface area contributed by atoms with Gasteiger partial charge in [-0.3, -0.25) is 4.90 Å². The molecule has 3 nitrogen and oxygen atoms in total. The van der Waals surface area contributed by atoms with Crippen molar-refractivity contribution in [2.24, 2.45) is 11.8 Å². The Morgan fingerprint density at radius 1 is 1.10 bits per heavy atom. The summed E-state index contributed by atoms with van der Waals surface area (Å²) in [4.78, 5) is 15.1. The van der Waals surface area contributed by atoms with Crippen LogP contribution in [-0.4, -0.2) is 36.1 Å². The fraction of sp³-hybridized carbons (Fsp3) is 0.375. The van der Waals surface area contributed by atoms with Crippen molar-refractivity contribution in [3.63, 3.8) is 0 Å². The molecule has 0 N–H and O–H groups in total. The van der Waals surface area contributed by atoms with Gasteiger partial charge in [0, 0.05) is 24.5 Å².